The number of hydrogen-bond acceptors (Lipinski definition) is 3. The first-order valence-electron chi connectivity index (χ1n) is 6.73. The first-order valence-corrected chi connectivity index (χ1v) is 6.73. The fraction of sp³-hybridized carbons (Fsp3) is 0.769. The van der Waals surface area contributed by atoms with Crippen LogP contribution in [0.5, 0.6) is 0 Å². The van der Waals surface area contributed by atoms with E-state index in [2.05, 4.69) is 6.92 Å². The molecule has 1 saturated carbocycles. The van der Waals surface area contributed by atoms with Crippen LogP contribution in [-0.2, 0) is 14.4 Å². The maximum Gasteiger partial charge on any atom is 0.237 e. The summed E-state index contributed by atoms with van der Waals surface area (Å²) in [7, 11) is 0. The number of amides is 3. The number of carbonyl (C=O) groups is 3. The molecule has 1 aliphatic rings. The van der Waals surface area contributed by atoms with Gasteiger partial charge in [0.2, 0.25) is 17.7 Å². The monoisotopic (exact) mass is 269 g/mol. The number of rotatable bonds is 6. The Bertz CT molecular complexity index is 341. The zero-order chi connectivity index (χ0) is 14.4. The number of carbonyl (C=O) groups excluding carboxylic acids is 3. The maximum absolute atomic E-state index is 12.1. The number of nitrogens with zero attached hydrogens (tertiary/aromatic N) is 1. The summed E-state index contributed by atoms with van der Waals surface area (Å²) in [5.41, 5.74) is 10.2. The molecule has 19 heavy (non-hydrogen) atoms. The molecular weight excluding hydrogens is 246 g/mol. The molecule has 108 valence electrons. The Kier molecular flexibility index (Phi) is 5.79. The predicted octanol–water partition coefficient (Wildman–Crippen LogP) is 0.00200. The molecule has 3 amide bonds. The third-order valence-corrected chi connectivity index (χ3v) is 3.55. The number of primary amides is 2. The lowest BCUT2D eigenvalue weighted by molar-refractivity contribution is -0.139. The molecule has 6 nitrogen and oxygen atoms in total. The van der Waals surface area contributed by atoms with E-state index in [9.17, 15) is 14.4 Å². The lowest BCUT2D eigenvalue weighted by atomic mass is 9.80. The molecule has 0 aromatic carbocycles. The highest BCUT2D eigenvalue weighted by atomic mass is 16.2. The van der Waals surface area contributed by atoms with Crippen molar-refractivity contribution in [2.75, 3.05) is 13.1 Å². The van der Waals surface area contributed by atoms with Crippen LogP contribution < -0.4 is 11.5 Å². The highest BCUT2D eigenvalue weighted by Gasteiger charge is 2.25. The highest BCUT2D eigenvalue weighted by molar-refractivity contribution is 5.88. The predicted molar refractivity (Wildman–Crippen MR) is 70.7 cm³/mol. The molecule has 2 atom stereocenters. The second-order valence-corrected chi connectivity index (χ2v) is 5.52. The molecule has 1 aliphatic carbocycles. The standard InChI is InChI=1S/C13H23N3O3/c1-9-3-2-4-10(5-9)6-13(19)16(7-11(14)17)8-12(15)18/h9-10H,2-8H2,1H3,(H2,14,17)(H2,15,18). The third kappa shape index (κ3) is 5.72. The van der Waals surface area contributed by atoms with Gasteiger partial charge in [-0.15, -0.1) is 0 Å². The van der Waals surface area contributed by atoms with Gasteiger partial charge in [0.1, 0.15) is 0 Å². The zero-order valence-electron chi connectivity index (χ0n) is 11.4. The van der Waals surface area contributed by atoms with Gasteiger partial charge in [-0.05, 0) is 24.7 Å². The van der Waals surface area contributed by atoms with Gasteiger partial charge < -0.3 is 16.4 Å². The second kappa shape index (κ2) is 7.11. The smallest absolute Gasteiger partial charge is 0.237 e. The van der Waals surface area contributed by atoms with Crippen molar-refractivity contribution < 1.29 is 14.4 Å². The quantitative estimate of drug-likeness (QED) is 0.708. The largest absolute Gasteiger partial charge is 0.368 e. The van der Waals surface area contributed by atoms with Crippen molar-refractivity contribution in [3.05, 3.63) is 0 Å². The molecule has 0 aliphatic heterocycles. The molecule has 0 bridgehead atoms. The van der Waals surface area contributed by atoms with E-state index in [1.807, 2.05) is 0 Å². The van der Waals surface area contributed by atoms with Crippen molar-refractivity contribution in [2.45, 2.75) is 39.0 Å². The molecule has 0 aromatic heterocycles. The zero-order valence-corrected chi connectivity index (χ0v) is 11.4. The van der Waals surface area contributed by atoms with Crippen LogP contribution in [-0.4, -0.2) is 35.7 Å². The molecule has 4 N–H and O–H groups in total. The summed E-state index contributed by atoms with van der Waals surface area (Å²) in [5, 5.41) is 0. The van der Waals surface area contributed by atoms with Crippen molar-refractivity contribution in [1.82, 2.24) is 4.90 Å². The normalized spacial score (nSPS) is 22.8. The summed E-state index contributed by atoms with van der Waals surface area (Å²) in [6.07, 6.45) is 4.75. The van der Waals surface area contributed by atoms with Crippen LogP contribution in [0.25, 0.3) is 0 Å². The molecule has 0 aromatic rings. The summed E-state index contributed by atoms with van der Waals surface area (Å²) in [6, 6.07) is 0. The van der Waals surface area contributed by atoms with E-state index in [0.717, 1.165) is 24.2 Å². The lowest BCUT2D eigenvalue weighted by Gasteiger charge is -2.28. The van der Waals surface area contributed by atoms with Crippen LogP contribution in [0.2, 0.25) is 0 Å². The van der Waals surface area contributed by atoms with Gasteiger partial charge in [0.05, 0.1) is 13.1 Å². The summed E-state index contributed by atoms with van der Waals surface area (Å²) < 4.78 is 0. The highest BCUT2D eigenvalue weighted by Crippen LogP contribution is 2.30. The van der Waals surface area contributed by atoms with Crippen molar-refractivity contribution in [1.29, 1.82) is 0 Å². The Labute approximate surface area is 113 Å². The Hall–Kier alpha value is -1.59. The van der Waals surface area contributed by atoms with E-state index in [0.29, 0.717) is 18.3 Å². The number of nitrogens with two attached hydrogens (primary N) is 2. The molecule has 0 heterocycles. The molecular formula is C13H23N3O3. The minimum absolute atomic E-state index is 0.211. The van der Waals surface area contributed by atoms with Gasteiger partial charge in [-0.2, -0.15) is 0 Å². The molecule has 2 unspecified atom stereocenters. The maximum atomic E-state index is 12.1. The van der Waals surface area contributed by atoms with Gasteiger partial charge in [-0.25, -0.2) is 0 Å². The molecule has 1 rings (SSSR count). The van der Waals surface area contributed by atoms with E-state index in [1.54, 1.807) is 0 Å². The minimum Gasteiger partial charge on any atom is -0.368 e. The van der Waals surface area contributed by atoms with E-state index in [1.165, 1.54) is 6.42 Å². The average molecular weight is 269 g/mol. The SMILES string of the molecule is CC1CCCC(CC(=O)N(CC(N)=O)CC(N)=O)C1. The van der Waals surface area contributed by atoms with Crippen LogP contribution in [0, 0.1) is 11.8 Å². The van der Waals surface area contributed by atoms with E-state index < -0.39 is 11.8 Å². The van der Waals surface area contributed by atoms with Crippen molar-refractivity contribution in [3.63, 3.8) is 0 Å². The van der Waals surface area contributed by atoms with Crippen molar-refractivity contribution in [3.8, 4) is 0 Å². The lowest BCUT2D eigenvalue weighted by Crippen LogP contribution is -2.44. The first kappa shape index (κ1) is 15.5. The van der Waals surface area contributed by atoms with Gasteiger partial charge in [-0.1, -0.05) is 19.8 Å². The summed E-state index contributed by atoms with van der Waals surface area (Å²) in [4.78, 5) is 35.1. The van der Waals surface area contributed by atoms with Crippen LogP contribution in [0.15, 0.2) is 0 Å². The van der Waals surface area contributed by atoms with E-state index >= 15 is 0 Å². The summed E-state index contributed by atoms with van der Waals surface area (Å²) in [5.74, 6) is -0.512. The van der Waals surface area contributed by atoms with E-state index in [4.69, 9.17) is 11.5 Å². The fourth-order valence-electron chi connectivity index (χ4n) is 2.73. The van der Waals surface area contributed by atoms with Crippen LogP contribution >= 0.6 is 0 Å². The minimum atomic E-state index is -0.633. The fourth-order valence-corrected chi connectivity index (χ4v) is 2.73. The Morgan fingerprint density at radius 3 is 2.16 bits per heavy atom. The van der Waals surface area contributed by atoms with Gasteiger partial charge in [0, 0.05) is 6.42 Å². The summed E-state index contributed by atoms with van der Waals surface area (Å²) >= 11 is 0. The van der Waals surface area contributed by atoms with Gasteiger partial charge in [0.15, 0.2) is 0 Å². The topological polar surface area (TPSA) is 106 Å². The average Bonchev–Trinajstić information content (AvgIpc) is 2.26. The third-order valence-electron chi connectivity index (χ3n) is 3.55. The van der Waals surface area contributed by atoms with Gasteiger partial charge in [0.25, 0.3) is 0 Å². The molecule has 0 radical (unpaired) electrons. The summed E-state index contributed by atoms with van der Waals surface area (Å²) in [6.45, 7) is 1.69. The Morgan fingerprint density at radius 1 is 1.11 bits per heavy atom. The van der Waals surface area contributed by atoms with Crippen LogP contribution in [0.4, 0.5) is 0 Å². The van der Waals surface area contributed by atoms with Crippen molar-refractivity contribution in [2.24, 2.45) is 23.3 Å². The molecule has 0 saturated heterocycles. The first-order chi connectivity index (χ1) is 8.88. The molecule has 6 heteroatoms. The Morgan fingerprint density at radius 2 is 1.68 bits per heavy atom. The molecule has 0 spiro atoms. The van der Waals surface area contributed by atoms with E-state index in [-0.39, 0.29) is 19.0 Å². The molecule has 1 fully saturated rings. The van der Waals surface area contributed by atoms with Gasteiger partial charge in [-0.3, -0.25) is 14.4 Å². The van der Waals surface area contributed by atoms with Crippen LogP contribution in [0.3, 0.4) is 0 Å². The number of hydrogen-bond donors (Lipinski definition) is 2. The van der Waals surface area contributed by atoms with Crippen molar-refractivity contribution >= 4 is 17.7 Å². The second-order valence-electron chi connectivity index (χ2n) is 5.52. The Balaban J connectivity index is 2.55. The van der Waals surface area contributed by atoms with Gasteiger partial charge >= 0.3 is 0 Å². The van der Waals surface area contributed by atoms with Crippen LogP contribution in [0.1, 0.15) is 39.0 Å².